The molecule has 0 amide bonds. The maximum atomic E-state index is 6.35. The molecule has 138 valence electrons. The Hall–Kier alpha value is -0.275. The highest BCUT2D eigenvalue weighted by Crippen LogP contribution is 2.43. The fourth-order valence-electron chi connectivity index (χ4n) is 4.05. The van der Waals surface area contributed by atoms with Gasteiger partial charge in [-0.2, -0.15) is 0 Å². The van der Waals surface area contributed by atoms with E-state index in [2.05, 4.69) is 54.5 Å². The summed E-state index contributed by atoms with van der Waals surface area (Å²) < 4.78 is 12.6. The molecule has 0 saturated carbocycles. The molecule has 2 nitrogen and oxygen atoms in total. The van der Waals surface area contributed by atoms with Gasteiger partial charge in [0.15, 0.2) is 0 Å². The number of rotatable bonds is 7. The molecule has 1 saturated heterocycles. The van der Waals surface area contributed by atoms with E-state index in [4.69, 9.17) is 9.31 Å². The Kier molecular flexibility index (Phi) is 6.64. The molecule has 0 aromatic carbocycles. The smallest absolute Gasteiger partial charge is 0.400 e. The summed E-state index contributed by atoms with van der Waals surface area (Å²) >= 11 is 0. The lowest BCUT2D eigenvalue weighted by molar-refractivity contribution is -0.0118. The first-order valence-electron chi connectivity index (χ1n) is 10.3. The Labute approximate surface area is 150 Å². The van der Waals surface area contributed by atoms with Gasteiger partial charge in [-0.15, -0.1) is 0 Å². The Bertz CT molecular complexity index is 445. The van der Waals surface area contributed by atoms with Crippen molar-refractivity contribution in [1.82, 2.24) is 0 Å². The minimum absolute atomic E-state index is 0.124. The average molecular weight is 334 g/mol. The van der Waals surface area contributed by atoms with Crippen LogP contribution in [0.25, 0.3) is 0 Å². The molecule has 3 heteroatoms. The number of hydrogen-bond donors (Lipinski definition) is 0. The standard InChI is InChI=1S/C21H39BO2/c1-8-16(3)10-11-17(4)18-12-14-19(15-13-18)22-23-20(5,6)21(7,9-2)24-22/h14,16-18H,8-13,15H2,1-7H3/t16-,17+,18?,21?/m1/s1. The molecule has 0 aromatic heterocycles. The van der Waals surface area contributed by atoms with E-state index in [9.17, 15) is 0 Å². The lowest BCUT2D eigenvalue weighted by atomic mass is 9.68. The molecule has 2 aliphatic rings. The highest BCUT2D eigenvalue weighted by atomic mass is 16.7. The zero-order valence-electron chi connectivity index (χ0n) is 17.2. The molecule has 2 unspecified atom stereocenters. The van der Waals surface area contributed by atoms with Crippen LogP contribution in [0.1, 0.15) is 93.4 Å². The van der Waals surface area contributed by atoms with Crippen LogP contribution in [0.4, 0.5) is 0 Å². The molecule has 1 fully saturated rings. The van der Waals surface area contributed by atoms with Gasteiger partial charge in [0.05, 0.1) is 11.2 Å². The third kappa shape index (κ3) is 4.27. The molecule has 0 spiro atoms. The summed E-state index contributed by atoms with van der Waals surface area (Å²) in [6.07, 6.45) is 11.1. The highest BCUT2D eigenvalue weighted by molar-refractivity contribution is 6.54. The first kappa shape index (κ1) is 20.0. The summed E-state index contributed by atoms with van der Waals surface area (Å²) in [7, 11) is -0.124. The van der Waals surface area contributed by atoms with Gasteiger partial charge in [-0.3, -0.25) is 0 Å². The zero-order valence-corrected chi connectivity index (χ0v) is 17.2. The SMILES string of the molecule is CC[C@@H](C)CC[C@H](C)C1CC=C(B2OC(C)(C)C(C)(CC)O2)CC1. The topological polar surface area (TPSA) is 18.5 Å². The molecular formula is C21H39BO2. The Morgan fingerprint density at radius 3 is 2.38 bits per heavy atom. The normalized spacial score (nSPS) is 32.5. The van der Waals surface area contributed by atoms with E-state index < -0.39 is 0 Å². The van der Waals surface area contributed by atoms with Crippen molar-refractivity contribution >= 4 is 7.12 Å². The van der Waals surface area contributed by atoms with Crippen LogP contribution in [-0.4, -0.2) is 18.3 Å². The summed E-state index contributed by atoms with van der Waals surface area (Å²) in [4.78, 5) is 0. The fraction of sp³-hybridized carbons (Fsp3) is 0.905. The maximum absolute atomic E-state index is 6.35. The minimum Gasteiger partial charge on any atom is -0.400 e. The van der Waals surface area contributed by atoms with Crippen LogP contribution in [0.3, 0.4) is 0 Å². The van der Waals surface area contributed by atoms with E-state index in [1.807, 2.05) is 0 Å². The van der Waals surface area contributed by atoms with Gasteiger partial charge >= 0.3 is 7.12 Å². The molecule has 0 aromatic rings. The lowest BCUT2D eigenvalue weighted by Crippen LogP contribution is -2.44. The Balaban J connectivity index is 1.90. The predicted octanol–water partition coefficient (Wildman–Crippen LogP) is 6.20. The van der Waals surface area contributed by atoms with Crippen LogP contribution in [0.5, 0.6) is 0 Å². The van der Waals surface area contributed by atoms with Crippen LogP contribution in [0.2, 0.25) is 0 Å². The van der Waals surface area contributed by atoms with Crippen molar-refractivity contribution in [2.75, 3.05) is 0 Å². The maximum Gasteiger partial charge on any atom is 0.490 e. The third-order valence-electron chi connectivity index (χ3n) is 7.12. The minimum atomic E-state index is -0.215. The second-order valence-electron chi connectivity index (χ2n) is 9.04. The van der Waals surface area contributed by atoms with Crippen molar-refractivity contribution in [2.24, 2.45) is 17.8 Å². The van der Waals surface area contributed by atoms with Crippen LogP contribution < -0.4 is 0 Å². The van der Waals surface area contributed by atoms with Gasteiger partial charge in [0.1, 0.15) is 0 Å². The van der Waals surface area contributed by atoms with E-state index >= 15 is 0 Å². The fourth-order valence-corrected chi connectivity index (χ4v) is 4.05. The molecule has 0 N–H and O–H groups in total. The van der Waals surface area contributed by atoms with E-state index in [0.29, 0.717) is 0 Å². The summed E-state index contributed by atoms with van der Waals surface area (Å²) in [5.41, 5.74) is 0.984. The monoisotopic (exact) mass is 334 g/mol. The molecule has 24 heavy (non-hydrogen) atoms. The van der Waals surface area contributed by atoms with Gasteiger partial charge in [-0.05, 0) is 69.7 Å². The predicted molar refractivity (Wildman–Crippen MR) is 104 cm³/mol. The van der Waals surface area contributed by atoms with Gasteiger partial charge in [0, 0.05) is 0 Å². The van der Waals surface area contributed by atoms with Crippen molar-refractivity contribution in [3.63, 3.8) is 0 Å². The van der Waals surface area contributed by atoms with Gasteiger partial charge in [-0.25, -0.2) is 0 Å². The largest absolute Gasteiger partial charge is 0.490 e. The highest BCUT2D eigenvalue weighted by Gasteiger charge is 2.54. The van der Waals surface area contributed by atoms with Gasteiger partial charge in [0.25, 0.3) is 0 Å². The van der Waals surface area contributed by atoms with Crippen LogP contribution >= 0.6 is 0 Å². The van der Waals surface area contributed by atoms with E-state index in [-0.39, 0.29) is 18.3 Å². The van der Waals surface area contributed by atoms with Gasteiger partial charge in [-0.1, -0.05) is 53.0 Å². The summed E-state index contributed by atoms with van der Waals surface area (Å²) in [6.45, 7) is 15.9. The van der Waals surface area contributed by atoms with Crippen LogP contribution in [0.15, 0.2) is 11.5 Å². The van der Waals surface area contributed by atoms with Crippen molar-refractivity contribution in [3.8, 4) is 0 Å². The second kappa shape index (κ2) is 7.95. The van der Waals surface area contributed by atoms with Gasteiger partial charge < -0.3 is 9.31 Å². The van der Waals surface area contributed by atoms with E-state index in [1.165, 1.54) is 37.6 Å². The molecule has 2 rings (SSSR count). The first-order chi connectivity index (χ1) is 11.2. The molecule has 1 aliphatic carbocycles. The molecule has 0 radical (unpaired) electrons. The van der Waals surface area contributed by atoms with Crippen LogP contribution in [0, 0.1) is 17.8 Å². The van der Waals surface area contributed by atoms with Crippen LogP contribution in [-0.2, 0) is 9.31 Å². The molecular weight excluding hydrogens is 295 g/mol. The Morgan fingerprint density at radius 1 is 1.17 bits per heavy atom. The van der Waals surface area contributed by atoms with Crippen molar-refractivity contribution in [2.45, 2.75) is 105 Å². The Morgan fingerprint density at radius 2 is 1.88 bits per heavy atom. The number of hydrogen-bond acceptors (Lipinski definition) is 2. The molecule has 4 atom stereocenters. The lowest BCUT2D eigenvalue weighted by Gasteiger charge is -2.35. The van der Waals surface area contributed by atoms with Crippen molar-refractivity contribution < 1.29 is 9.31 Å². The molecule has 1 aliphatic heterocycles. The molecule has 0 bridgehead atoms. The summed E-state index contributed by atoms with van der Waals surface area (Å²) in [6, 6.07) is 0. The first-order valence-corrected chi connectivity index (χ1v) is 10.3. The van der Waals surface area contributed by atoms with E-state index in [1.54, 1.807) is 0 Å². The third-order valence-corrected chi connectivity index (χ3v) is 7.12. The quantitative estimate of drug-likeness (QED) is 0.516. The summed E-state index contributed by atoms with van der Waals surface area (Å²) in [5, 5.41) is 0. The number of allylic oxidation sites excluding steroid dienone is 2. The van der Waals surface area contributed by atoms with Gasteiger partial charge in [0.2, 0.25) is 0 Å². The zero-order chi connectivity index (χ0) is 18.0. The van der Waals surface area contributed by atoms with Crippen molar-refractivity contribution in [3.05, 3.63) is 11.5 Å². The van der Waals surface area contributed by atoms with Crippen molar-refractivity contribution in [1.29, 1.82) is 0 Å². The molecule has 1 heterocycles. The second-order valence-corrected chi connectivity index (χ2v) is 9.04. The average Bonchev–Trinajstić information content (AvgIpc) is 2.82. The summed E-state index contributed by atoms with van der Waals surface area (Å²) in [5.74, 6) is 2.54. The van der Waals surface area contributed by atoms with E-state index in [0.717, 1.165) is 30.6 Å².